The van der Waals surface area contributed by atoms with Gasteiger partial charge in [-0.1, -0.05) is 29.8 Å². The minimum atomic E-state index is -0.251. The Balaban J connectivity index is 1.59. The number of rotatable bonds is 6. The predicted octanol–water partition coefficient (Wildman–Crippen LogP) is 2.83. The van der Waals surface area contributed by atoms with E-state index < -0.39 is 0 Å². The predicted molar refractivity (Wildman–Crippen MR) is 108 cm³/mol. The highest BCUT2D eigenvalue weighted by Crippen LogP contribution is 2.16. The molecule has 1 aliphatic heterocycles. The van der Waals surface area contributed by atoms with E-state index in [1.807, 2.05) is 48.2 Å². The Bertz CT molecular complexity index is 877. The van der Waals surface area contributed by atoms with Crippen LogP contribution < -0.4 is 5.32 Å². The van der Waals surface area contributed by atoms with E-state index >= 15 is 0 Å². The van der Waals surface area contributed by atoms with E-state index in [0.29, 0.717) is 24.2 Å². The summed E-state index contributed by atoms with van der Waals surface area (Å²) >= 11 is 0. The summed E-state index contributed by atoms with van der Waals surface area (Å²) in [6.07, 6.45) is 1.48. The average molecular weight is 379 g/mol. The number of hydrogen-bond acceptors (Lipinski definition) is 3. The number of likely N-dealkylation sites (N-methyl/N-ethyl adjacent to an activating group) is 1. The summed E-state index contributed by atoms with van der Waals surface area (Å²) in [7, 11) is 1.60. The summed E-state index contributed by atoms with van der Waals surface area (Å²) in [6.45, 7) is 3.21. The Morgan fingerprint density at radius 1 is 1.14 bits per heavy atom. The Labute approximate surface area is 165 Å². The fourth-order valence-corrected chi connectivity index (χ4v) is 3.24. The Morgan fingerprint density at radius 3 is 2.57 bits per heavy atom. The van der Waals surface area contributed by atoms with Gasteiger partial charge in [-0.2, -0.15) is 0 Å². The first-order valence-electron chi connectivity index (χ1n) is 9.41. The summed E-state index contributed by atoms with van der Waals surface area (Å²) < 4.78 is 0. The Morgan fingerprint density at radius 2 is 1.89 bits per heavy atom. The summed E-state index contributed by atoms with van der Waals surface area (Å²) in [5.41, 5.74) is 3.24. The quantitative estimate of drug-likeness (QED) is 0.839. The van der Waals surface area contributed by atoms with Gasteiger partial charge >= 0.3 is 0 Å². The van der Waals surface area contributed by atoms with Gasteiger partial charge in [-0.3, -0.25) is 14.4 Å². The molecule has 1 N–H and O–H groups in total. The van der Waals surface area contributed by atoms with Gasteiger partial charge in [0.05, 0.1) is 6.54 Å². The van der Waals surface area contributed by atoms with Crippen LogP contribution in [-0.2, 0) is 16.1 Å². The highest BCUT2D eigenvalue weighted by molar-refractivity contribution is 5.99. The molecule has 1 heterocycles. The van der Waals surface area contributed by atoms with E-state index in [1.54, 1.807) is 19.2 Å². The van der Waals surface area contributed by atoms with Crippen molar-refractivity contribution in [3.05, 3.63) is 65.2 Å². The molecule has 3 amide bonds. The van der Waals surface area contributed by atoms with Crippen LogP contribution in [0.1, 0.15) is 34.3 Å². The molecule has 6 heteroatoms. The van der Waals surface area contributed by atoms with Gasteiger partial charge in [0.1, 0.15) is 0 Å². The van der Waals surface area contributed by atoms with Gasteiger partial charge in [-0.05, 0) is 43.2 Å². The van der Waals surface area contributed by atoms with Crippen molar-refractivity contribution < 1.29 is 14.4 Å². The minimum Gasteiger partial charge on any atom is -0.338 e. The number of carbonyl (C=O) groups excluding carboxylic acids is 3. The number of likely N-dealkylation sites (tertiary alicyclic amines) is 1. The lowest BCUT2D eigenvalue weighted by Crippen LogP contribution is -2.35. The molecule has 1 fully saturated rings. The molecule has 146 valence electrons. The second-order valence-electron chi connectivity index (χ2n) is 7.19. The number of amides is 3. The highest BCUT2D eigenvalue weighted by Gasteiger charge is 2.21. The van der Waals surface area contributed by atoms with Gasteiger partial charge in [0, 0.05) is 37.8 Å². The number of anilines is 1. The molecular formula is C22H25N3O3. The monoisotopic (exact) mass is 379 g/mol. The van der Waals surface area contributed by atoms with Gasteiger partial charge in [-0.15, -0.1) is 0 Å². The lowest BCUT2D eigenvalue weighted by molar-refractivity contribution is -0.128. The Hall–Kier alpha value is -3.15. The van der Waals surface area contributed by atoms with Crippen LogP contribution in [0.5, 0.6) is 0 Å². The van der Waals surface area contributed by atoms with Gasteiger partial charge in [0.25, 0.3) is 5.91 Å². The van der Waals surface area contributed by atoms with E-state index in [1.165, 1.54) is 4.90 Å². The molecule has 1 saturated heterocycles. The zero-order chi connectivity index (χ0) is 20.1. The number of nitrogens with one attached hydrogen (secondary N) is 1. The summed E-state index contributed by atoms with van der Waals surface area (Å²) in [5, 5.41) is 2.79. The molecule has 0 spiro atoms. The van der Waals surface area contributed by atoms with Crippen LogP contribution >= 0.6 is 0 Å². The summed E-state index contributed by atoms with van der Waals surface area (Å²) in [5.74, 6) is -0.325. The maximum absolute atomic E-state index is 12.7. The smallest absolute Gasteiger partial charge is 0.254 e. The minimum absolute atomic E-state index is 0.0401. The average Bonchev–Trinajstić information content (AvgIpc) is 3.07. The molecule has 0 unspecified atom stereocenters. The molecule has 3 rings (SSSR count). The molecule has 0 saturated carbocycles. The van der Waals surface area contributed by atoms with Gasteiger partial charge in [0.2, 0.25) is 11.8 Å². The lowest BCUT2D eigenvalue weighted by atomic mass is 10.1. The summed E-state index contributed by atoms with van der Waals surface area (Å²) in [6, 6.07) is 14.7. The van der Waals surface area contributed by atoms with Gasteiger partial charge < -0.3 is 15.1 Å². The number of nitrogens with zero attached hydrogens (tertiary/aromatic N) is 2. The second kappa shape index (κ2) is 8.69. The molecule has 0 atom stereocenters. The fraction of sp³-hybridized carbons (Fsp3) is 0.318. The van der Waals surface area contributed by atoms with Crippen LogP contribution in [0.3, 0.4) is 0 Å². The van der Waals surface area contributed by atoms with Crippen molar-refractivity contribution in [1.82, 2.24) is 9.80 Å². The normalized spacial score (nSPS) is 13.5. The van der Waals surface area contributed by atoms with E-state index in [2.05, 4.69) is 5.32 Å². The standard InChI is InChI=1S/C22H25N3O3/c1-16-8-10-19(11-9-16)23-20(26)15-24(2)22(28)18-6-3-5-17(13-18)14-25-12-4-7-21(25)27/h3,5-6,8-11,13H,4,7,12,14-15H2,1-2H3,(H,23,26). The van der Waals surface area contributed by atoms with Crippen LogP contribution in [0.15, 0.2) is 48.5 Å². The van der Waals surface area contributed by atoms with Crippen LogP contribution in [0.4, 0.5) is 5.69 Å². The maximum atomic E-state index is 12.7. The SMILES string of the molecule is Cc1ccc(NC(=O)CN(C)C(=O)c2cccc(CN3CCCC3=O)c2)cc1. The third-order valence-corrected chi connectivity index (χ3v) is 4.78. The first-order chi connectivity index (χ1) is 13.4. The lowest BCUT2D eigenvalue weighted by Gasteiger charge is -2.19. The van der Waals surface area contributed by atoms with Crippen molar-refractivity contribution in [1.29, 1.82) is 0 Å². The van der Waals surface area contributed by atoms with Crippen LogP contribution in [-0.4, -0.2) is 47.7 Å². The van der Waals surface area contributed by atoms with Crippen LogP contribution in [0.25, 0.3) is 0 Å². The molecule has 0 aromatic heterocycles. The summed E-state index contributed by atoms with van der Waals surface area (Å²) in [4.78, 5) is 39.9. The van der Waals surface area contributed by atoms with E-state index in [-0.39, 0.29) is 24.3 Å². The van der Waals surface area contributed by atoms with Gasteiger partial charge in [-0.25, -0.2) is 0 Å². The number of carbonyl (C=O) groups is 3. The topological polar surface area (TPSA) is 69.7 Å². The van der Waals surface area contributed by atoms with Gasteiger partial charge in [0.15, 0.2) is 0 Å². The number of benzene rings is 2. The number of aryl methyl sites for hydroxylation is 1. The van der Waals surface area contributed by atoms with E-state index in [0.717, 1.165) is 24.1 Å². The van der Waals surface area contributed by atoms with Crippen molar-refractivity contribution in [2.24, 2.45) is 0 Å². The van der Waals surface area contributed by atoms with Crippen LogP contribution in [0.2, 0.25) is 0 Å². The van der Waals surface area contributed by atoms with Crippen molar-refractivity contribution in [2.45, 2.75) is 26.3 Å². The molecule has 0 aliphatic carbocycles. The highest BCUT2D eigenvalue weighted by atomic mass is 16.2. The molecule has 0 bridgehead atoms. The first kappa shape index (κ1) is 19.6. The van der Waals surface area contributed by atoms with Crippen molar-refractivity contribution in [2.75, 3.05) is 25.5 Å². The van der Waals surface area contributed by atoms with Crippen molar-refractivity contribution >= 4 is 23.4 Å². The van der Waals surface area contributed by atoms with Crippen molar-refractivity contribution in [3.63, 3.8) is 0 Å². The zero-order valence-corrected chi connectivity index (χ0v) is 16.3. The molecule has 1 aliphatic rings. The van der Waals surface area contributed by atoms with E-state index in [9.17, 15) is 14.4 Å². The van der Waals surface area contributed by atoms with E-state index in [4.69, 9.17) is 0 Å². The molecular weight excluding hydrogens is 354 g/mol. The van der Waals surface area contributed by atoms with Crippen LogP contribution in [0, 0.1) is 6.92 Å². The molecule has 2 aromatic rings. The zero-order valence-electron chi connectivity index (χ0n) is 16.3. The first-order valence-corrected chi connectivity index (χ1v) is 9.41. The number of hydrogen-bond donors (Lipinski definition) is 1. The maximum Gasteiger partial charge on any atom is 0.254 e. The molecule has 0 radical (unpaired) electrons. The fourth-order valence-electron chi connectivity index (χ4n) is 3.24. The van der Waals surface area contributed by atoms with Crippen molar-refractivity contribution in [3.8, 4) is 0 Å². The Kier molecular flexibility index (Phi) is 6.09. The molecule has 28 heavy (non-hydrogen) atoms. The third-order valence-electron chi connectivity index (χ3n) is 4.78. The third kappa shape index (κ3) is 4.97. The molecule has 6 nitrogen and oxygen atoms in total. The largest absolute Gasteiger partial charge is 0.338 e. The molecule has 2 aromatic carbocycles. The second-order valence-corrected chi connectivity index (χ2v) is 7.19.